The van der Waals surface area contributed by atoms with Crippen LogP contribution in [0, 0.1) is 0 Å². The summed E-state index contributed by atoms with van der Waals surface area (Å²) >= 11 is 0. The average Bonchev–Trinajstić information content (AvgIpc) is 2.75. The van der Waals surface area contributed by atoms with Crippen LogP contribution >= 0.6 is 0 Å². The third-order valence-electron chi connectivity index (χ3n) is 4.16. The molecule has 3 aromatic rings. The van der Waals surface area contributed by atoms with Gasteiger partial charge in [0.05, 0.1) is 24.3 Å². The van der Waals surface area contributed by atoms with Gasteiger partial charge in [-0.3, -0.25) is 0 Å². The van der Waals surface area contributed by atoms with Gasteiger partial charge in [-0.1, -0.05) is 6.07 Å². The van der Waals surface area contributed by atoms with E-state index in [1.807, 2.05) is 0 Å². The van der Waals surface area contributed by atoms with Crippen molar-refractivity contribution >= 4 is 28.4 Å². The molecule has 0 radical (unpaired) electrons. The fourth-order valence-electron chi connectivity index (χ4n) is 2.73. The molecule has 0 saturated heterocycles. The van der Waals surface area contributed by atoms with Gasteiger partial charge in [-0.05, 0) is 24.3 Å². The highest BCUT2D eigenvalue weighted by molar-refractivity contribution is 5.94. The van der Waals surface area contributed by atoms with E-state index >= 15 is 0 Å². The highest BCUT2D eigenvalue weighted by Gasteiger charge is 2.13. The van der Waals surface area contributed by atoms with Crippen molar-refractivity contribution in [3.8, 4) is 11.5 Å². The fourth-order valence-corrected chi connectivity index (χ4v) is 2.73. The van der Waals surface area contributed by atoms with Gasteiger partial charge in [-0.25, -0.2) is 14.8 Å². The van der Waals surface area contributed by atoms with Gasteiger partial charge in [0.25, 0.3) is 0 Å². The van der Waals surface area contributed by atoms with Crippen LogP contribution < -0.4 is 14.8 Å². The molecule has 9 nitrogen and oxygen atoms in total. The number of carbonyl (C=O) groups is 1. The number of nitrogens with zero attached hydrogens (tertiary/aromatic N) is 2. The van der Waals surface area contributed by atoms with Crippen LogP contribution in [0.15, 0.2) is 42.7 Å². The van der Waals surface area contributed by atoms with Crippen molar-refractivity contribution in [3.63, 3.8) is 0 Å². The largest absolute Gasteiger partial charge is 0.487 e. The number of benzene rings is 2. The van der Waals surface area contributed by atoms with Crippen LogP contribution in [-0.4, -0.2) is 61.7 Å². The molecule has 0 aliphatic rings. The zero-order valence-electron chi connectivity index (χ0n) is 16.8. The van der Waals surface area contributed by atoms with Crippen molar-refractivity contribution in [1.82, 2.24) is 9.97 Å². The number of rotatable bonds is 11. The molecule has 1 aromatic heterocycles. The van der Waals surface area contributed by atoms with E-state index in [1.165, 1.54) is 18.5 Å². The normalized spacial score (nSPS) is 10.7. The lowest BCUT2D eigenvalue weighted by atomic mass is 10.1. The van der Waals surface area contributed by atoms with E-state index in [1.54, 1.807) is 38.5 Å². The zero-order chi connectivity index (χ0) is 21.3. The maximum Gasteiger partial charge on any atom is 0.335 e. The first kappa shape index (κ1) is 21.3. The second-order valence-electron chi connectivity index (χ2n) is 6.23. The summed E-state index contributed by atoms with van der Waals surface area (Å²) in [5, 5.41) is 13.1. The molecule has 0 aliphatic carbocycles. The first-order chi connectivity index (χ1) is 14.6. The van der Waals surface area contributed by atoms with Gasteiger partial charge in [0, 0.05) is 31.4 Å². The Kier molecular flexibility index (Phi) is 7.36. The van der Waals surface area contributed by atoms with Crippen LogP contribution in [0.2, 0.25) is 0 Å². The lowest BCUT2D eigenvalue weighted by Gasteiger charge is -2.15. The summed E-state index contributed by atoms with van der Waals surface area (Å²) in [5.74, 6) is 0.571. The Balaban J connectivity index is 1.96. The lowest BCUT2D eigenvalue weighted by molar-refractivity contribution is 0.0697. The molecule has 2 aromatic carbocycles. The number of carboxylic acids is 1. The van der Waals surface area contributed by atoms with Crippen molar-refractivity contribution in [2.75, 3.05) is 46.0 Å². The predicted octanol–water partition coefficient (Wildman–Crippen LogP) is 3.12. The maximum absolute atomic E-state index is 11.2. The third-order valence-corrected chi connectivity index (χ3v) is 4.16. The number of carboxylic acid groups (broad SMARTS) is 1. The number of aromatic carboxylic acids is 1. The van der Waals surface area contributed by atoms with E-state index in [-0.39, 0.29) is 5.56 Å². The van der Waals surface area contributed by atoms with Crippen LogP contribution in [0.3, 0.4) is 0 Å². The van der Waals surface area contributed by atoms with E-state index in [9.17, 15) is 9.90 Å². The molecule has 0 spiro atoms. The second-order valence-corrected chi connectivity index (χ2v) is 6.23. The van der Waals surface area contributed by atoms with E-state index < -0.39 is 5.97 Å². The molecule has 30 heavy (non-hydrogen) atoms. The Hall–Kier alpha value is -3.43. The molecule has 0 saturated carbocycles. The minimum Gasteiger partial charge on any atom is -0.487 e. The van der Waals surface area contributed by atoms with Crippen molar-refractivity contribution in [2.24, 2.45) is 0 Å². The Morgan fingerprint density at radius 3 is 2.33 bits per heavy atom. The SMILES string of the molecule is COCCOc1cc2ncnc(Nc3cccc(C(=O)O)c3)c2cc1OCCOC. The smallest absolute Gasteiger partial charge is 0.335 e. The van der Waals surface area contributed by atoms with E-state index in [0.717, 1.165) is 0 Å². The van der Waals surface area contributed by atoms with E-state index in [0.29, 0.717) is 60.3 Å². The van der Waals surface area contributed by atoms with Crippen LogP contribution in [0.25, 0.3) is 10.9 Å². The predicted molar refractivity (Wildman–Crippen MR) is 111 cm³/mol. The first-order valence-electron chi connectivity index (χ1n) is 9.25. The zero-order valence-corrected chi connectivity index (χ0v) is 16.8. The molecule has 0 fully saturated rings. The minimum absolute atomic E-state index is 0.177. The summed E-state index contributed by atoms with van der Waals surface area (Å²) in [7, 11) is 3.20. The second kappa shape index (κ2) is 10.4. The molecular weight excluding hydrogens is 390 g/mol. The monoisotopic (exact) mass is 413 g/mol. The Bertz CT molecular complexity index is 1010. The van der Waals surface area contributed by atoms with Gasteiger partial charge in [0.2, 0.25) is 0 Å². The number of fused-ring (bicyclic) bond motifs is 1. The molecule has 2 N–H and O–H groups in total. The van der Waals surface area contributed by atoms with E-state index in [2.05, 4.69) is 15.3 Å². The Labute approximate surface area is 173 Å². The number of anilines is 2. The molecule has 0 aliphatic heterocycles. The average molecular weight is 413 g/mol. The number of nitrogens with one attached hydrogen (secondary N) is 1. The summed E-state index contributed by atoms with van der Waals surface area (Å²) in [5.41, 5.74) is 1.42. The molecule has 9 heteroatoms. The maximum atomic E-state index is 11.2. The summed E-state index contributed by atoms with van der Waals surface area (Å²) < 4.78 is 21.7. The molecule has 1 heterocycles. The number of hydrogen-bond donors (Lipinski definition) is 2. The van der Waals surface area contributed by atoms with Crippen LogP contribution in [0.5, 0.6) is 11.5 Å². The van der Waals surface area contributed by atoms with Crippen molar-refractivity contribution in [3.05, 3.63) is 48.3 Å². The highest BCUT2D eigenvalue weighted by atomic mass is 16.5. The summed E-state index contributed by atoms with van der Waals surface area (Å²) in [4.78, 5) is 19.9. The van der Waals surface area contributed by atoms with Crippen molar-refractivity contribution < 1.29 is 28.8 Å². The number of ether oxygens (including phenoxy) is 4. The first-order valence-corrected chi connectivity index (χ1v) is 9.25. The standard InChI is InChI=1S/C21H23N3O6/c1-27-6-8-29-18-11-16-17(12-19(18)30-9-7-28-2)22-13-23-20(16)24-15-5-3-4-14(10-15)21(25)26/h3-5,10-13H,6-9H2,1-2H3,(H,25,26)(H,22,23,24). The quantitative estimate of drug-likeness (QED) is 0.458. The molecule has 0 bridgehead atoms. The van der Waals surface area contributed by atoms with Gasteiger partial charge in [-0.2, -0.15) is 0 Å². The van der Waals surface area contributed by atoms with Crippen molar-refractivity contribution in [2.45, 2.75) is 0 Å². The van der Waals surface area contributed by atoms with Gasteiger partial charge in [0.15, 0.2) is 11.5 Å². The highest BCUT2D eigenvalue weighted by Crippen LogP contribution is 2.35. The summed E-state index contributed by atoms with van der Waals surface area (Å²) in [6, 6.07) is 10.0. The van der Waals surface area contributed by atoms with Crippen LogP contribution in [0.1, 0.15) is 10.4 Å². The van der Waals surface area contributed by atoms with Crippen molar-refractivity contribution in [1.29, 1.82) is 0 Å². The van der Waals surface area contributed by atoms with Gasteiger partial charge in [-0.15, -0.1) is 0 Å². The Morgan fingerprint density at radius 1 is 0.967 bits per heavy atom. The molecule has 0 unspecified atom stereocenters. The third kappa shape index (κ3) is 5.34. The van der Waals surface area contributed by atoms with Crippen LogP contribution in [0.4, 0.5) is 11.5 Å². The van der Waals surface area contributed by atoms with Gasteiger partial charge in [0.1, 0.15) is 25.4 Å². The fraction of sp³-hybridized carbons (Fsp3) is 0.286. The van der Waals surface area contributed by atoms with Crippen LogP contribution in [-0.2, 0) is 9.47 Å². The van der Waals surface area contributed by atoms with E-state index in [4.69, 9.17) is 18.9 Å². The number of hydrogen-bond acceptors (Lipinski definition) is 8. The lowest BCUT2D eigenvalue weighted by Crippen LogP contribution is -2.09. The summed E-state index contributed by atoms with van der Waals surface area (Å²) in [6.45, 7) is 1.57. The molecule has 3 rings (SSSR count). The minimum atomic E-state index is -1.00. The summed E-state index contributed by atoms with van der Waals surface area (Å²) in [6.07, 6.45) is 1.43. The number of methoxy groups -OCH3 is 2. The number of aromatic nitrogens is 2. The molecule has 158 valence electrons. The topological polar surface area (TPSA) is 112 Å². The Morgan fingerprint density at radius 2 is 1.67 bits per heavy atom. The molecule has 0 amide bonds. The molecular formula is C21H23N3O6. The van der Waals surface area contributed by atoms with Gasteiger partial charge < -0.3 is 29.4 Å². The van der Waals surface area contributed by atoms with Gasteiger partial charge >= 0.3 is 5.97 Å². The molecule has 0 atom stereocenters.